The van der Waals surface area contributed by atoms with Crippen LogP contribution >= 0.6 is 0 Å². The standard InChI is InChI=1S/C25H31NO/c1-3-5-18-27-25-17-16-24(26-19-25)15-10-21-8-13-23(14-9-21)22-11-6-20(4-2)7-12-22/h8-9,13-14,16-17,19-20,22H,3-7,11-12,18H2,1-2H3/t20-,22-. The topological polar surface area (TPSA) is 22.1 Å². The third-order valence-corrected chi connectivity index (χ3v) is 5.64. The van der Waals surface area contributed by atoms with Crippen molar-refractivity contribution in [3.05, 3.63) is 59.4 Å². The maximum absolute atomic E-state index is 5.64. The van der Waals surface area contributed by atoms with Crippen molar-refractivity contribution in [1.29, 1.82) is 0 Å². The maximum Gasteiger partial charge on any atom is 0.137 e. The summed E-state index contributed by atoms with van der Waals surface area (Å²) in [5.74, 6) is 8.87. The van der Waals surface area contributed by atoms with Crippen molar-refractivity contribution in [3.8, 4) is 17.6 Å². The van der Waals surface area contributed by atoms with Crippen molar-refractivity contribution in [1.82, 2.24) is 4.98 Å². The first kappa shape index (κ1) is 19.5. The monoisotopic (exact) mass is 361 g/mol. The summed E-state index contributed by atoms with van der Waals surface area (Å²) in [5.41, 5.74) is 3.30. The van der Waals surface area contributed by atoms with Gasteiger partial charge in [0.2, 0.25) is 0 Å². The number of hydrogen-bond acceptors (Lipinski definition) is 2. The van der Waals surface area contributed by atoms with Gasteiger partial charge in [0.1, 0.15) is 11.4 Å². The van der Waals surface area contributed by atoms with Gasteiger partial charge in [-0.15, -0.1) is 0 Å². The van der Waals surface area contributed by atoms with Crippen LogP contribution in [0.1, 0.15) is 81.5 Å². The van der Waals surface area contributed by atoms with E-state index < -0.39 is 0 Å². The zero-order valence-electron chi connectivity index (χ0n) is 16.7. The lowest BCUT2D eigenvalue weighted by Crippen LogP contribution is -2.12. The van der Waals surface area contributed by atoms with E-state index in [9.17, 15) is 0 Å². The molecule has 3 rings (SSSR count). The van der Waals surface area contributed by atoms with E-state index in [2.05, 4.69) is 54.9 Å². The van der Waals surface area contributed by atoms with Crippen LogP contribution in [0.25, 0.3) is 0 Å². The van der Waals surface area contributed by atoms with Gasteiger partial charge in [-0.05, 0) is 79.7 Å². The van der Waals surface area contributed by atoms with Gasteiger partial charge in [0.15, 0.2) is 0 Å². The van der Waals surface area contributed by atoms with E-state index in [1.165, 1.54) is 37.7 Å². The Kier molecular flexibility index (Phi) is 7.34. The molecule has 1 heterocycles. The van der Waals surface area contributed by atoms with Crippen molar-refractivity contribution in [2.75, 3.05) is 6.61 Å². The Morgan fingerprint density at radius 2 is 1.74 bits per heavy atom. The summed E-state index contributed by atoms with van der Waals surface area (Å²) in [6.45, 7) is 5.22. The second-order valence-corrected chi connectivity index (χ2v) is 7.58. The minimum Gasteiger partial charge on any atom is -0.492 e. The van der Waals surface area contributed by atoms with Crippen LogP contribution < -0.4 is 4.74 Å². The fourth-order valence-electron chi connectivity index (χ4n) is 3.75. The van der Waals surface area contributed by atoms with Crippen molar-refractivity contribution in [2.45, 2.75) is 64.7 Å². The fourth-order valence-corrected chi connectivity index (χ4v) is 3.75. The third kappa shape index (κ3) is 5.86. The van der Waals surface area contributed by atoms with Crippen LogP contribution in [0.5, 0.6) is 5.75 Å². The van der Waals surface area contributed by atoms with Crippen molar-refractivity contribution in [2.24, 2.45) is 5.92 Å². The van der Waals surface area contributed by atoms with E-state index in [1.807, 2.05) is 12.1 Å². The predicted octanol–water partition coefficient (Wildman–Crippen LogP) is 6.34. The van der Waals surface area contributed by atoms with Crippen LogP contribution in [0, 0.1) is 17.8 Å². The Hall–Kier alpha value is -2.27. The number of nitrogens with zero attached hydrogens (tertiary/aromatic N) is 1. The molecule has 0 atom stereocenters. The molecule has 1 fully saturated rings. The van der Waals surface area contributed by atoms with Gasteiger partial charge < -0.3 is 4.74 Å². The Morgan fingerprint density at radius 1 is 0.963 bits per heavy atom. The number of rotatable bonds is 6. The van der Waals surface area contributed by atoms with Crippen molar-refractivity contribution < 1.29 is 4.74 Å². The van der Waals surface area contributed by atoms with Gasteiger partial charge in [-0.1, -0.05) is 44.7 Å². The zero-order valence-corrected chi connectivity index (χ0v) is 16.7. The highest BCUT2D eigenvalue weighted by molar-refractivity contribution is 5.42. The first-order chi connectivity index (χ1) is 13.3. The minimum atomic E-state index is 0.733. The van der Waals surface area contributed by atoms with E-state index in [0.29, 0.717) is 0 Å². The van der Waals surface area contributed by atoms with E-state index >= 15 is 0 Å². The molecule has 0 aliphatic heterocycles. The Morgan fingerprint density at radius 3 is 2.37 bits per heavy atom. The molecule has 1 saturated carbocycles. The van der Waals surface area contributed by atoms with E-state index in [4.69, 9.17) is 4.74 Å². The van der Waals surface area contributed by atoms with Crippen LogP contribution in [0.3, 0.4) is 0 Å². The number of pyridine rings is 1. The van der Waals surface area contributed by atoms with Gasteiger partial charge in [0.25, 0.3) is 0 Å². The summed E-state index contributed by atoms with van der Waals surface area (Å²) < 4.78 is 5.64. The predicted molar refractivity (Wildman–Crippen MR) is 112 cm³/mol. The highest BCUT2D eigenvalue weighted by Gasteiger charge is 2.20. The van der Waals surface area contributed by atoms with Gasteiger partial charge >= 0.3 is 0 Å². The molecule has 0 amide bonds. The Bertz CT molecular complexity index is 744. The number of ether oxygens (including phenoxy) is 1. The van der Waals surface area contributed by atoms with E-state index in [1.54, 1.807) is 6.20 Å². The lowest BCUT2D eigenvalue weighted by Gasteiger charge is -2.28. The molecular weight excluding hydrogens is 330 g/mol. The molecule has 0 unspecified atom stereocenters. The first-order valence-corrected chi connectivity index (χ1v) is 10.5. The number of unbranched alkanes of at least 4 members (excludes halogenated alkanes) is 1. The SMILES string of the molecule is CCCCOc1ccc(C#Cc2ccc([C@H]3CC[C@H](CC)CC3)cc2)nc1. The van der Waals surface area contributed by atoms with Crippen molar-refractivity contribution >= 4 is 0 Å². The third-order valence-electron chi connectivity index (χ3n) is 5.64. The fraction of sp³-hybridized carbons (Fsp3) is 0.480. The second kappa shape index (κ2) is 10.2. The minimum absolute atomic E-state index is 0.733. The highest BCUT2D eigenvalue weighted by atomic mass is 16.5. The largest absolute Gasteiger partial charge is 0.492 e. The molecule has 0 bridgehead atoms. The van der Waals surface area contributed by atoms with E-state index in [-0.39, 0.29) is 0 Å². The Balaban J connectivity index is 1.56. The molecule has 1 aromatic heterocycles. The van der Waals surface area contributed by atoms with Gasteiger partial charge in [0, 0.05) is 5.56 Å². The van der Waals surface area contributed by atoms with Gasteiger partial charge in [-0.2, -0.15) is 0 Å². The smallest absolute Gasteiger partial charge is 0.137 e. The second-order valence-electron chi connectivity index (χ2n) is 7.58. The van der Waals surface area contributed by atoms with E-state index in [0.717, 1.165) is 48.3 Å². The van der Waals surface area contributed by atoms with Crippen LogP contribution in [-0.2, 0) is 0 Å². The summed E-state index contributed by atoms with van der Waals surface area (Å²) in [6.07, 6.45) is 10.7. The summed E-state index contributed by atoms with van der Waals surface area (Å²) in [4.78, 5) is 4.38. The summed E-state index contributed by atoms with van der Waals surface area (Å²) in [5, 5.41) is 0. The van der Waals surface area contributed by atoms with Crippen LogP contribution in [0.2, 0.25) is 0 Å². The Labute approximate surface area is 164 Å². The van der Waals surface area contributed by atoms with Crippen LogP contribution in [0.15, 0.2) is 42.6 Å². The number of hydrogen-bond donors (Lipinski definition) is 0. The summed E-state index contributed by atoms with van der Waals surface area (Å²) in [7, 11) is 0. The molecule has 27 heavy (non-hydrogen) atoms. The van der Waals surface area contributed by atoms with Gasteiger partial charge in [0.05, 0.1) is 12.8 Å². The maximum atomic E-state index is 5.64. The van der Waals surface area contributed by atoms with Crippen LogP contribution in [-0.4, -0.2) is 11.6 Å². The van der Waals surface area contributed by atoms with Gasteiger partial charge in [-0.3, -0.25) is 0 Å². The molecule has 0 saturated heterocycles. The lowest BCUT2D eigenvalue weighted by molar-refractivity contribution is 0.308. The van der Waals surface area contributed by atoms with Crippen LogP contribution in [0.4, 0.5) is 0 Å². The van der Waals surface area contributed by atoms with Crippen molar-refractivity contribution in [3.63, 3.8) is 0 Å². The molecule has 142 valence electrons. The average molecular weight is 362 g/mol. The number of aromatic nitrogens is 1. The molecular formula is C25H31NO. The molecule has 0 spiro atoms. The average Bonchev–Trinajstić information content (AvgIpc) is 2.74. The highest BCUT2D eigenvalue weighted by Crippen LogP contribution is 2.36. The van der Waals surface area contributed by atoms with Gasteiger partial charge in [-0.25, -0.2) is 4.98 Å². The molecule has 2 nitrogen and oxygen atoms in total. The quantitative estimate of drug-likeness (QED) is 0.442. The lowest BCUT2D eigenvalue weighted by atomic mass is 9.78. The molecule has 1 aromatic carbocycles. The molecule has 2 aromatic rings. The number of benzene rings is 1. The molecule has 2 heteroatoms. The molecule has 0 radical (unpaired) electrons. The normalized spacial score (nSPS) is 19.2. The first-order valence-electron chi connectivity index (χ1n) is 10.5. The molecule has 1 aliphatic carbocycles. The zero-order chi connectivity index (χ0) is 18.9. The molecule has 1 aliphatic rings. The molecule has 0 N–H and O–H groups in total. The summed E-state index contributed by atoms with van der Waals surface area (Å²) >= 11 is 0. The summed E-state index contributed by atoms with van der Waals surface area (Å²) in [6, 6.07) is 12.7.